The number of rotatable bonds is 6. The quantitative estimate of drug-likeness (QED) is 0.535. The number of hydrogen-bond donors (Lipinski definition) is 2. The molecule has 1 aliphatic rings. The molecule has 0 bridgehead atoms. The van der Waals surface area contributed by atoms with Crippen LogP contribution >= 0.6 is 12.2 Å². The van der Waals surface area contributed by atoms with Crippen LogP contribution in [0.15, 0.2) is 0 Å². The van der Waals surface area contributed by atoms with Gasteiger partial charge in [-0.25, -0.2) is 0 Å². The number of thiocarbonyl (C=S) groups is 1. The summed E-state index contributed by atoms with van der Waals surface area (Å²) in [5.74, 6) is 0. The standard InChI is InChI=1S/C11H22N2OS/c1-2-12-6-7-13-11(15)9-10-5-3-4-8-14-10/h10,12H,2-9H2,1H3,(H,13,15). The van der Waals surface area contributed by atoms with Gasteiger partial charge in [-0.05, 0) is 25.8 Å². The highest BCUT2D eigenvalue weighted by Gasteiger charge is 2.15. The second-order valence-electron chi connectivity index (χ2n) is 3.90. The van der Waals surface area contributed by atoms with Gasteiger partial charge in [-0.1, -0.05) is 19.1 Å². The van der Waals surface area contributed by atoms with E-state index in [0.717, 1.165) is 44.1 Å². The van der Waals surface area contributed by atoms with Gasteiger partial charge < -0.3 is 15.4 Å². The summed E-state index contributed by atoms with van der Waals surface area (Å²) in [5, 5.41) is 6.51. The van der Waals surface area contributed by atoms with Gasteiger partial charge >= 0.3 is 0 Å². The van der Waals surface area contributed by atoms with Crippen molar-refractivity contribution in [2.24, 2.45) is 0 Å². The lowest BCUT2D eigenvalue weighted by Crippen LogP contribution is -2.33. The predicted molar refractivity (Wildman–Crippen MR) is 67.4 cm³/mol. The van der Waals surface area contributed by atoms with Crippen LogP contribution in [0, 0.1) is 0 Å². The van der Waals surface area contributed by atoms with Crippen molar-refractivity contribution < 1.29 is 4.74 Å². The minimum atomic E-state index is 0.359. The maximum Gasteiger partial charge on any atom is 0.0779 e. The van der Waals surface area contributed by atoms with Gasteiger partial charge in [0, 0.05) is 26.1 Å². The third-order valence-electron chi connectivity index (χ3n) is 2.56. The highest BCUT2D eigenvalue weighted by molar-refractivity contribution is 7.80. The Bertz CT molecular complexity index is 181. The average molecular weight is 230 g/mol. The first-order chi connectivity index (χ1) is 7.33. The molecule has 88 valence electrons. The summed E-state index contributed by atoms with van der Waals surface area (Å²) in [4.78, 5) is 0.944. The van der Waals surface area contributed by atoms with Crippen LogP contribution < -0.4 is 10.6 Å². The molecule has 1 fully saturated rings. The zero-order valence-corrected chi connectivity index (χ0v) is 10.4. The van der Waals surface area contributed by atoms with Crippen LogP contribution in [0.2, 0.25) is 0 Å². The van der Waals surface area contributed by atoms with Gasteiger partial charge in [-0.15, -0.1) is 0 Å². The molecule has 0 aromatic heterocycles. The van der Waals surface area contributed by atoms with Crippen LogP contribution in [-0.4, -0.2) is 37.3 Å². The summed E-state index contributed by atoms with van der Waals surface area (Å²) in [6.45, 7) is 5.92. The van der Waals surface area contributed by atoms with Crippen molar-refractivity contribution in [2.45, 2.75) is 38.7 Å². The molecule has 0 aliphatic carbocycles. The normalized spacial score (nSPS) is 21.3. The van der Waals surface area contributed by atoms with E-state index < -0.39 is 0 Å². The molecule has 1 heterocycles. The fourth-order valence-electron chi connectivity index (χ4n) is 1.71. The molecule has 4 heteroatoms. The van der Waals surface area contributed by atoms with E-state index in [-0.39, 0.29) is 0 Å². The minimum absolute atomic E-state index is 0.359. The van der Waals surface area contributed by atoms with Gasteiger partial charge in [0.25, 0.3) is 0 Å². The molecule has 0 aromatic rings. The van der Waals surface area contributed by atoms with Crippen molar-refractivity contribution in [3.8, 4) is 0 Å². The molecular weight excluding hydrogens is 208 g/mol. The number of hydrogen-bond acceptors (Lipinski definition) is 3. The molecule has 0 spiro atoms. The van der Waals surface area contributed by atoms with E-state index in [2.05, 4.69) is 17.6 Å². The van der Waals surface area contributed by atoms with Crippen LogP contribution in [0.25, 0.3) is 0 Å². The lowest BCUT2D eigenvalue weighted by atomic mass is 10.1. The molecule has 3 nitrogen and oxygen atoms in total. The summed E-state index contributed by atoms with van der Waals surface area (Å²) >= 11 is 5.27. The summed E-state index contributed by atoms with van der Waals surface area (Å²) in [5.41, 5.74) is 0. The lowest BCUT2D eigenvalue weighted by Gasteiger charge is -2.23. The smallest absolute Gasteiger partial charge is 0.0779 e. The molecule has 1 atom stereocenters. The molecule has 1 unspecified atom stereocenters. The number of likely N-dealkylation sites (N-methyl/N-ethyl adjacent to an activating group) is 1. The van der Waals surface area contributed by atoms with Crippen molar-refractivity contribution >= 4 is 17.2 Å². The molecule has 15 heavy (non-hydrogen) atoms. The van der Waals surface area contributed by atoms with Gasteiger partial charge in [0.2, 0.25) is 0 Å². The van der Waals surface area contributed by atoms with Crippen LogP contribution in [0.3, 0.4) is 0 Å². The first-order valence-corrected chi connectivity index (χ1v) is 6.32. The van der Waals surface area contributed by atoms with E-state index in [1.165, 1.54) is 12.8 Å². The van der Waals surface area contributed by atoms with E-state index in [1.54, 1.807) is 0 Å². The minimum Gasteiger partial charge on any atom is -0.378 e. The molecule has 1 rings (SSSR count). The molecule has 0 saturated carbocycles. The Morgan fingerprint density at radius 1 is 1.40 bits per heavy atom. The van der Waals surface area contributed by atoms with E-state index in [1.807, 2.05) is 0 Å². The number of ether oxygens (including phenoxy) is 1. The lowest BCUT2D eigenvalue weighted by molar-refractivity contribution is 0.0210. The summed E-state index contributed by atoms with van der Waals surface area (Å²) in [7, 11) is 0. The Morgan fingerprint density at radius 3 is 2.93 bits per heavy atom. The zero-order valence-electron chi connectivity index (χ0n) is 9.55. The third-order valence-corrected chi connectivity index (χ3v) is 2.87. The fraction of sp³-hybridized carbons (Fsp3) is 0.909. The molecule has 2 N–H and O–H groups in total. The zero-order chi connectivity index (χ0) is 10.9. The Balaban J connectivity index is 2.01. The maximum atomic E-state index is 5.63. The van der Waals surface area contributed by atoms with Crippen molar-refractivity contribution in [1.82, 2.24) is 10.6 Å². The molecule has 0 aromatic carbocycles. The summed E-state index contributed by atoms with van der Waals surface area (Å²) < 4.78 is 5.63. The first-order valence-electron chi connectivity index (χ1n) is 5.92. The van der Waals surface area contributed by atoms with Crippen molar-refractivity contribution in [1.29, 1.82) is 0 Å². The van der Waals surface area contributed by atoms with Gasteiger partial charge in [0.1, 0.15) is 0 Å². The van der Waals surface area contributed by atoms with Gasteiger partial charge in [0.15, 0.2) is 0 Å². The highest BCUT2D eigenvalue weighted by atomic mass is 32.1. The second kappa shape index (κ2) is 8.02. The van der Waals surface area contributed by atoms with Gasteiger partial charge in [-0.3, -0.25) is 0 Å². The van der Waals surface area contributed by atoms with Crippen molar-refractivity contribution in [3.63, 3.8) is 0 Å². The topological polar surface area (TPSA) is 33.3 Å². The fourth-order valence-corrected chi connectivity index (χ4v) is 2.00. The molecule has 0 radical (unpaired) electrons. The third kappa shape index (κ3) is 6.07. The average Bonchev–Trinajstić information content (AvgIpc) is 2.26. The predicted octanol–water partition coefficient (Wildman–Crippen LogP) is 1.47. The molecular formula is C11H22N2OS. The van der Waals surface area contributed by atoms with Gasteiger partial charge in [-0.2, -0.15) is 0 Å². The van der Waals surface area contributed by atoms with E-state index in [9.17, 15) is 0 Å². The first kappa shape index (κ1) is 12.9. The maximum absolute atomic E-state index is 5.63. The van der Waals surface area contributed by atoms with E-state index in [0.29, 0.717) is 6.10 Å². The van der Waals surface area contributed by atoms with Crippen molar-refractivity contribution in [3.05, 3.63) is 0 Å². The SMILES string of the molecule is CCNCCNC(=S)CC1CCCCO1. The highest BCUT2D eigenvalue weighted by Crippen LogP contribution is 2.15. The monoisotopic (exact) mass is 230 g/mol. The molecule has 1 aliphatic heterocycles. The van der Waals surface area contributed by atoms with Gasteiger partial charge in [0.05, 0.1) is 11.1 Å². The van der Waals surface area contributed by atoms with Crippen LogP contribution in [0.5, 0.6) is 0 Å². The Labute approximate surface area is 98.0 Å². The van der Waals surface area contributed by atoms with Crippen LogP contribution in [-0.2, 0) is 4.74 Å². The Kier molecular flexibility index (Phi) is 6.88. The van der Waals surface area contributed by atoms with Crippen molar-refractivity contribution in [2.75, 3.05) is 26.2 Å². The largest absolute Gasteiger partial charge is 0.378 e. The second-order valence-corrected chi connectivity index (χ2v) is 4.39. The summed E-state index contributed by atoms with van der Waals surface area (Å²) in [6, 6.07) is 0. The number of nitrogens with one attached hydrogen (secondary N) is 2. The van der Waals surface area contributed by atoms with Crippen LogP contribution in [0.4, 0.5) is 0 Å². The van der Waals surface area contributed by atoms with E-state index in [4.69, 9.17) is 17.0 Å². The summed E-state index contributed by atoms with van der Waals surface area (Å²) in [6.07, 6.45) is 4.90. The molecule has 1 saturated heterocycles. The molecule has 0 amide bonds. The van der Waals surface area contributed by atoms with E-state index >= 15 is 0 Å². The van der Waals surface area contributed by atoms with Crippen LogP contribution in [0.1, 0.15) is 32.6 Å². The Morgan fingerprint density at radius 2 is 2.27 bits per heavy atom. The Hall–Kier alpha value is -0.190.